The van der Waals surface area contributed by atoms with Gasteiger partial charge in [0, 0.05) is 11.5 Å². The molecule has 150 valence electrons. The highest BCUT2D eigenvalue weighted by molar-refractivity contribution is 6.01. The second-order valence-electron chi connectivity index (χ2n) is 8.97. The number of hydrogen-bond acceptors (Lipinski definition) is 2. The van der Waals surface area contributed by atoms with Crippen molar-refractivity contribution >= 4 is 17.9 Å². The predicted molar refractivity (Wildman–Crippen MR) is 117 cm³/mol. The Balaban J connectivity index is 1.70. The normalized spacial score (nSPS) is 18.3. The summed E-state index contributed by atoms with van der Waals surface area (Å²) in [5.74, 6) is -0.313. The summed E-state index contributed by atoms with van der Waals surface area (Å²) in [6.45, 7) is 4.36. The average molecular weight is 398 g/mol. The molecule has 1 unspecified atom stereocenters. The summed E-state index contributed by atoms with van der Waals surface area (Å²) in [6.07, 6.45) is 5.83. The molecule has 3 aromatic rings. The molecule has 0 fully saturated rings. The molecule has 0 heterocycles. The Bertz CT molecular complexity index is 1300. The Morgan fingerprint density at radius 3 is 2.53 bits per heavy atom. The summed E-state index contributed by atoms with van der Waals surface area (Å²) in [5.41, 5.74) is 4.95. The van der Waals surface area contributed by atoms with E-state index in [0.717, 1.165) is 28.0 Å². The zero-order chi connectivity index (χ0) is 21.0. The summed E-state index contributed by atoms with van der Waals surface area (Å²) in [6, 6.07) is 15.6. The Hall–Kier alpha value is -3.20. The van der Waals surface area contributed by atoms with Crippen molar-refractivity contribution in [1.29, 1.82) is 0 Å². The molecule has 2 aliphatic carbocycles. The smallest absolute Gasteiger partial charge is 0.169 e. The number of ketones is 1. The first-order valence-corrected chi connectivity index (χ1v) is 10.3. The molecule has 0 aromatic heterocycles. The molecule has 0 amide bonds. The number of halogens is 1. The molecule has 0 aliphatic heterocycles. The van der Waals surface area contributed by atoms with E-state index < -0.39 is 0 Å². The third-order valence-electron chi connectivity index (χ3n) is 6.49. The molecular formula is C27H23FO2. The summed E-state index contributed by atoms with van der Waals surface area (Å²) < 4.78 is 13.3. The first kappa shape index (κ1) is 18.8. The molecule has 5 rings (SSSR count). The maximum absolute atomic E-state index is 13.3. The van der Waals surface area contributed by atoms with Gasteiger partial charge in [0.25, 0.3) is 0 Å². The van der Waals surface area contributed by atoms with Crippen LogP contribution in [0.25, 0.3) is 23.3 Å². The second-order valence-corrected chi connectivity index (χ2v) is 8.97. The molecule has 0 radical (unpaired) electrons. The monoisotopic (exact) mass is 398 g/mol. The molecule has 30 heavy (non-hydrogen) atoms. The lowest BCUT2D eigenvalue weighted by Crippen LogP contribution is -2.43. The minimum absolute atomic E-state index is 0.0279. The number of aromatic hydroxyl groups is 1. The van der Waals surface area contributed by atoms with Gasteiger partial charge in [-0.3, -0.25) is 4.79 Å². The summed E-state index contributed by atoms with van der Waals surface area (Å²) >= 11 is 0. The fourth-order valence-electron chi connectivity index (χ4n) is 4.98. The summed E-state index contributed by atoms with van der Waals surface area (Å²) in [4.78, 5) is 13.2. The first-order valence-electron chi connectivity index (χ1n) is 10.3. The van der Waals surface area contributed by atoms with Gasteiger partial charge in [-0.15, -0.1) is 0 Å². The van der Waals surface area contributed by atoms with Crippen LogP contribution in [0.2, 0.25) is 0 Å². The van der Waals surface area contributed by atoms with Crippen LogP contribution in [0, 0.1) is 11.7 Å². The van der Waals surface area contributed by atoms with Gasteiger partial charge in [0.05, 0.1) is 0 Å². The van der Waals surface area contributed by atoms with E-state index >= 15 is 0 Å². The van der Waals surface area contributed by atoms with Crippen LogP contribution in [-0.2, 0) is 11.8 Å². The average Bonchev–Trinajstić information content (AvgIpc) is 2.72. The van der Waals surface area contributed by atoms with Gasteiger partial charge in [0.2, 0.25) is 0 Å². The number of benzene rings is 3. The summed E-state index contributed by atoms with van der Waals surface area (Å²) in [5, 5.41) is 12.3. The van der Waals surface area contributed by atoms with E-state index in [2.05, 4.69) is 38.1 Å². The van der Waals surface area contributed by atoms with Gasteiger partial charge < -0.3 is 5.11 Å². The van der Waals surface area contributed by atoms with Crippen molar-refractivity contribution in [1.82, 2.24) is 0 Å². The van der Waals surface area contributed by atoms with Crippen LogP contribution < -0.4 is 10.4 Å². The van der Waals surface area contributed by atoms with Crippen molar-refractivity contribution < 1.29 is 14.3 Å². The van der Waals surface area contributed by atoms with Gasteiger partial charge >= 0.3 is 0 Å². The lowest BCUT2D eigenvalue weighted by molar-refractivity contribution is 0.0933. The molecule has 1 N–H and O–H groups in total. The Labute approximate surface area is 175 Å². The fraction of sp³-hybridized carbons (Fsp3) is 0.222. The van der Waals surface area contributed by atoms with Crippen molar-refractivity contribution in [3.63, 3.8) is 0 Å². The topological polar surface area (TPSA) is 37.3 Å². The zero-order valence-corrected chi connectivity index (χ0v) is 17.1. The van der Waals surface area contributed by atoms with Crippen molar-refractivity contribution in [2.75, 3.05) is 0 Å². The minimum Gasteiger partial charge on any atom is -0.508 e. The molecule has 0 spiro atoms. The molecule has 1 atom stereocenters. The zero-order valence-electron chi connectivity index (χ0n) is 17.1. The van der Waals surface area contributed by atoms with Gasteiger partial charge in [-0.2, -0.15) is 0 Å². The maximum Gasteiger partial charge on any atom is 0.169 e. The predicted octanol–water partition coefficient (Wildman–Crippen LogP) is 4.50. The van der Waals surface area contributed by atoms with Crippen LogP contribution in [0.3, 0.4) is 0 Å². The van der Waals surface area contributed by atoms with Gasteiger partial charge in [-0.25, -0.2) is 4.39 Å². The van der Waals surface area contributed by atoms with Crippen molar-refractivity contribution in [2.45, 2.75) is 32.1 Å². The molecule has 3 aromatic carbocycles. The van der Waals surface area contributed by atoms with Gasteiger partial charge in [0.1, 0.15) is 11.6 Å². The lowest BCUT2D eigenvalue weighted by atomic mass is 9.69. The van der Waals surface area contributed by atoms with Gasteiger partial charge in [-0.05, 0) is 87.3 Å². The SMILES string of the molecule is CC1(C)CC(C(=O)c2ccc(F)cc2)C=c2c1ccc1c2=CCc2ccc(O)cc2-1. The first-order chi connectivity index (χ1) is 14.3. The number of hydrogen-bond donors (Lipinski definition) is 1. The fourth-order valence-corrected chi connectivity index (χ4v) is 4.98. The standard InChI is InChI=1S/C27H23FO2/c1-27(2)15-18(26(30)17-3-7-19(28)8-4-17)13-24-22-10-6-16-5-9-20(29)14-23(16)21(22)11-12-25(24)27/h3-5,7-14,18,29H,6,15H2,1-2H3. The third-order valence-corrected chi connectivity index (χ3v) is 6.49. The molecule has 2 nitrogen and oxygen atoms in total. The second kappa shape index (κ2) is 6.66. The van der Waals surface area contributed by atoms with Crippen molar-refractivity contribution in [2.24, 2.45) is 5.92 Å². The quantitative estimate of drug-likeness (QED) is 0.646. The minimum atomic E-state index is -0.338. The summed E-state index contributed by atoms with van der Waals surface area (Å²) in [7, 11) is 0. The molecular weight excluding hydrogens is 375 g/mol. The van der Waals surface area contributed by atoms with E-state index in [0.29, 0.717) is 12.0 Å². The maximum atomic E-state index is 13.3. The van der Waals surface area contributed by atoms with Gasteiger partial charge in [0.15, 0.2) is 5.78 Å². The number of phenolic OH excluding ortho intramolecular Hbond substituents is 1. The lowest BCUT2D eigenvalue weighted by Gasteiger charge is -2.34. The molecule has 2 aliphatic rings. The molecule has 0 saturated heterocycles. The van der Waals surface area contributed by atoms with E-state index in [9.17, 15) is 14.3 Å². The molecule has 0 saturated carbocycles. The van der Waals surface area contributed by atoms with Gasteiger partial charge in [-0.1, -0.05) is 44.2 Å². The molecule has 0 bridgehead atoms. The number of rotatable bonds is 2. The highest BCUT2D eigenvalue weighted by atomic mass is 19.1. The molecule has 3 heteroatoms. The van der Waals surface area contributed by atoms with E-state index in [4.69, 9.17) is 0 Å². The van der Waals surface area contributed by atoms with Crippen LogP contribution in [-0.4, -0.2) is 10.9 Å². The van der Waals surface area contributed by atoms with E-state index in [1.165, 1.54) is 23.3 Å². The van der Waals surface area contributed by atoms with Crippen molar-refractivity contribution in [3.8, 4) is 16.9 Å². The van der Waals surface area contributed by atoms with Crippen LogP contribution >= 0.6 is 0 Å². The Kier molecular flexibility index (Phi) is 4.18. The van der Waals surface area contributed by atoms with E-state index in [1.807, 2.05) is 12.1 Å². The highest BCUT2D eigenvalue weighted by Gasteiger charge is 2.33. The van der Waals surface area contributed by atoms with Crippen LogP contribution in [0.5, 0.6) is 5.75 Å². The number of fused-ring (bicyclic) bond motifs is 5. The number of carbonyl (C=O) groups excluding carboxylic acids is 1. The number of phenols is 1. The number of carbonyl (C=O) groups is 1. The van der Waals surface area contributed by atoms with Crippen molar-refractivity contribution in [3.05, 3.63) is 87.5 Å². The van der Waals surface area contributed by atoms with Crippen LogP contribution in [0.1, 0.15) is 41.8 Å². The Morgan fingerprint density at radius 1 is 1.00 bits per heavy atom. The Morgan fingerprint density at radius 2 is 1.77 bits per heavy atom. The van der Waals surface area contributed by atoms with E-state index in [1.54, 1.807) is 18.2 Å². The largest absolute Gasteiger partial charge is 0.508 e. The van der Waals surface area contributed by atoms with Crippen LogP contribution in [0.4, 0.5) is 4.39 Å². The highest BCUT2D eigenvalue weighted by Crippen LogP contribution is 2.35. The van der Waals surface area contributed by atoms with Crippen LogP contribution in [0.15, 0.2) is 54.6 Å². The number of Topliss-reactive ketones (excluding diaryl/α,β-unsaturated/α-hetero) is 1. The van der Waals surface area contributed by atoms with E-state index in [-0.39, 0.29) is 28.7 Å². The third kappa shape index (κ3) is 2.97.